The summed E-state index contributed by atoms with van der Waals surface area (Å²) in [6, 6.07) is 0. The molecule has 0 spiro atoms. The van der Waals surface area contributed by atoms with Crippen molar-refractivity contribution < 1.29 is 55.1 Å². The highest BCUT2D eigenvalue weighted by Gasteiger charge is 2.50. The van der Waals surface area contributed by atoms with Crippen molar-refractivity contribution in [3.8, 4) is 0 Å². The van der Waals surface area contributed by atoms with Gasteiger partial charge >= 0.3 is 0 Å². The van der Waals surface area contributed by atoms with Crippen LogP contribution in [0, 0.1) is 0 Å². The third-order valence-corrected chi connectivity index (χ3v) is 3.98. The highest BCUT2D eigenvalue weighted by atomic mass is 16.7. The molecule has 2 rings (SSSR count). The Morgan fingerprint density at radius 3 is 1.74 bits per heavy atom. The topological polar surface area (TPSA) is 190 Å². The molecule has 0 bridgehead atoms. The molecule has 0 aromatic rings. The van der Waals surface area contributed by atoms with E-state index in [1.807, 2.05) is 0 Å². The molecule has 2 fully saturated rings. The quantitative estimate of drug-likeness (QED) is 0.243. The molecule has 0 amide bonds. The van der Waals surface area contributed by atoms with Gasteiger partial charge in [0.05, 0.1) is 13.2 Å². The van der Waals surface area contributed by atoms with Crippen LogP contribution in [-0.2, 0) is 14.2 Å². The molecule has 8 N–H and O–H groups in total. The van der Waals surface area contributed by atoms with Crippen molar-refractivity contribution >= 4 is 0 Å². The summed E-state index contributed by atoms with van der Waals surface area (Å²) < 4.78 is 15.1. The largest absolute Gasteiger partial charge is 0.394 e. The number of ether oxygens (including phenoxy) is 3. The summed E-state index contributed by atoms with van der Waals surface area (Å²) in [5.74, 6) is 0. The van der Waals surface area contributed by atoms with Crippen LogP contribution in [0.15, 0.2) is 0 Å². The summed E-state index contributed by atoms with van der Waals surface area (Å²) in [6.45, 7) is -1.33. The minimum atomic E-state index is -1.75. The molecule has 2 saturated heterocycles. The van der Waals surface area contributed by atoms with Crippen LogP contribution >= 0.6 is 0 Å². The third kappa shape index (κ3) is 3.65. The zero-order chi connectivity index (χ0) is 17.3. The lowest BCUT2D eigenvalue weighted by Gasteiger charge is -2.44. The van der Waals surface area contributed by atoms with Crippen molar-refractivity contribution in [2.45, 2.75) is 61.4 Å². The van der Waals surface area contributed by atoms with Crippen molar-refractivity contribution in [2.24, 2.45) is 0 Å². The molecule has 10 atom stereocenters. The summed E-state index contributed by atoms with van der Waals surface area (Å²) in [4.78, 5) is 0. The number of hydrogen-bond donors (Lipinski definition) is 8. The standard InChI is InChI=1S/C12H22O11/c13-1-3-6(16)8(18)10(11(20)21-3)23-12-9(19)7(17)5(15)4(2-14)22-12/h3-20H,1-2H2/t3-,4-,5-,6+,7+,8+,9-,10-,11?,12-/m1/s1. The van der Waals surface area contributed by atoms with E-state index in [2.05, 4.69) is 0 Å². The van der Waals surface area contributed by atoms with Crippen LogP contribution in [0.1, 0.15) is 0 Å². The van der Waals surface area contributed by atoms with E-state index >= 15 is 0 Å². The molecule has 0 aromatic carbocycles. The minimum Gasteiger partial charge on any atom is -0.394 e. The van der Waals surface area contributed by atoms with Gasteiger partial charge in [0, 0.05) is 0 Å². The van der Waals surface area contributed by atoms with Gasteiger partial charge in [-0.2, -0.15) is 0 Å². The van der Waals surface area contributed by atoms with Crippen LogP contribution in [0.5, 0.6) is 0 Å². The summed E-state index contributed by atoms with van der Waals surface area (Å²) in [5, 5.41) is 76.7. The zero-order valence-electron chi connectivity index (χ0n) is 12.0. The third-order valence-electron chi connectivity index (χ3n) is 3.98. The van der Waals surface area contributed by atoms with Gasteiger partial charge in [-0.1, -0.05) is 0 Å². The molecule has 2 aliphatic rings. The zero-order valence-corrected chi connectivity index (χ0v) is 12.0. The Morgan fingerprint density at radius 1 is 0.652 bits per heavy atom. The first-order valence-corrected chi connectivity index (χ1v) is 7.08. The second kappa shape index (κ2) is 7.63. The average Bonchev–Trinajstić information content (AvgIpc) is 2.54. The number of rotatable bonds is 4. The molecule has 11 heteroatoms. The van der Waals surface area contributed by atoms with Gasteiger partial charge in [-0.05, 0) is 0 Å². The number of hydrogen-bond acceptors (Lipinski definition) is 11. The van der Waals surface area contributed by atoms with Crippen molar-refractivity contribution in [3.05, 3.63) is 0 Å². The molecule has 23 heavy (non-hydrogen) atoms. The second-order valence-corrected chi connectivity index (χ2v) is 5.53. The van der Waals surface area contributed by atoms with Crippen LogP contribution < -0.4 is 0 Å². The number of aliphatic hydroxyl groups is 8. The molecular formula is C12H22O11. The maximum absolute atomic E-state index is 9.94. The molecule has 2 aliphatic heterocycles. The molecule has 1 unspecified atom stereocenters. The lowest BCUT2D eigenvalue weighted by molar-refractivity contribution is -0.361. The lowest BCUT2D eigenvalue weighted by atomic mass is 9.97. The van der Waals surface area contributed by atoms with E-state index in [9.17, 15) is 30.6 Å². The smallest absolute Gasteiger partial charge is 0.187 e. The molecule has 0 saturated carbocycles. The molecular weight excluding hydrogens is 320 g/mol. The maximum Gasteiger partial charge on any atom is 0.187 e. The van der Waals surface area contributed by atoms with Gasteiger partial charge in [-0.25, -0.2) is 0 Å². The molecule has 11 nitrogen and oxygen atoms in total. The fourth-order valence-electron chi connectivity index (χ4n) is 2.55. The van der Waals surface area contributed by atoms with Crippen molar-refractivity contribution in [3.63, 3.8) is 0 Å². The maximum atomic E-state index is 9.94. The van der Waals surface area contributed by atoms with E-state index in [-0.39, 0.29) is 0 Å². The molecule has 2 heterocycles. The SMILES string of the molecule is OC[C@H]1OC(O)[C@H](O[C@H]2O[C@H](CO)[C@@H](O)[C@H](O)[C@H]2O)[C@@H](O)[C@H]1O. The van der Waals surface area contributed by atoms with Crippen LogP contribution in [0.4, 0.5) is 0 Å². The minimum absolute atomic E-state index is 0.651. The number of aliphatic hydroxyl groups excluding tert-OH is 8. The predicted octanol–water partition coefficient (Wildman–Crippen LogP) is -5.40. The molecule has 136 valence electrons. The first kappa shape index (κ1) is 18.9. The Bertz CT molecular complexity index is 380. The van der Waals surface area contributed by atoms with E-state index < -0.39 is 74.6 Å². The van der Waals surface area contributed by atoms with Gasteiger partial charge in [0.2, 0.25) is 0 Å². The van der Waals surface area contributed by atoms with Gasteiger partial charge in [-0.3, -0.25) is 0 Å². The van der Waals surface area contributed by atoms with Crippen LogP contribution in [0.2, 0.25) is 0 Å². The van der Waals surface area contributed by atoms with Gasteiger partial charge in [0.1, 0.15) is 48.8 Å². The van der Waals surface area contributed by atoms with E-state index in [1.54, 1.807) is 0 Å². The van der Waals surface area contributed by atoms with E-state index in [4.69, 9.17) is 24.4 Å². The molecule has 0 radical (unpaired) electrons. The summed E-state index contributed by atoms with van der Waals surface area (Å²) in [7, 11) is 0. The Balaban J connectivity index is 2.08. The average molecular weight is 342 g/mol. The fraction of sp³-hybridized carbons (Fsp3) is 1.00. The normalized spacial score (nSPS) is 51.7. The first-order chi connectivity index (χ1) is 10.8. The summed E-state index contributed by atoms with van der Waals surface area (Å²) >= 11 is 0. The van der Waals surface area contributed by atoms with E-state index in [0.717, 1.165) is 0 Å². The van der Waals surface area contributed by atoms with Crippen molar-refractivity contribution in [1.82, 2.24) is 0 Å². The van der Waals surface area contributed by atoms with Gasteiger partial charge in [0.25, 0.3) is 0 Å². The van der Waals surface area contributed by atoms with Crippen molar-refractivity contribution in [1.29, 1.82) is 0 Å². The second-order valence-electron chi connectivity index (χ2n) is 5.53. The highest BCUT2D eigenvalue weighted by Crippen LogP contribution is 2.28. The fourth-order valence-corrected chi connectivity index (χ4v) is 2.55. The monoisotopic (exact) mass is 342 g/mol. The van der Waals surface area contributed by atoms with E-state index in [0.29, 0.717) is 0 Å². The van der Waals surface area contributed by atoms with Crippen molar-refractivity contribution in [2.75, 3.05) is 13.2 Å². The van der Waals surface area contributed by atoms with Gasteiger partial charge in [0.15, 0.2) is 12.6 Å². The summed E-state index contributed by atoms with van der Waals surface area (Å²) in [5.41, 5.74) is 0. The highest BCUT2D eigenvalue weighted by molar-refractivity contribution is 4.93. The predicted molar refractivity (Wildman–Crippen MR) is 68.6 cm³/mol. The van der Waals surface area contributed by atoms with Gasteiger partial charge in [-0.15, -0.1) is 0 Å². The lowest BCUT2D eigenvalue weighted by Crippen LogP contribution is -2.64. The Kier molecular flexibility index (Phi) is 6.27. The van der Waals surface area contributed by atoms with Crippen LogP contribution in [0.3, 0.4) is 0 Å². The molecule has 0 aromatic heterocycles. The van der Waals surface area contributed by atoms with Crippen LogP contribution in [0.25, 0.3) is 0 Å². The molecule has 0 aliphatic carbocycles. The Labute approximate surface area is 130 Å². The Hall–Kier alpha value is -0.440. The first-order valence-electron chi connectivity index (χ1n) is 7.08. The van der Waals surface area contributed by atoms with E-state index in [1.165, 1.54) is 0 Å². The Morgan fingerprint density at radius 2 is 1.17 bits per heavy atom. The van der Waals surface area contributed by atoms with Gasteiger partial charge < -0.3 is 55.1 Å². The summed E-state index contributed by atoms with van der Waals surface area (Å²) in [6.07, 6.45) is -15.6. The van der Waals surface area contributed by atoms with Crippen LogP contribution in [-0.4, -0.2) is 115 Å².